The summed E-state index contributed by atoms with van der Waals surface area (Å²) in [6.07, 6.45) is -1.12. The van der Waals surface area contributed by atoms with Crippen molar-refractivity contribution in [2.24, 2.45) is 0 Å². The lowest BCUT2D eigenvalue weighted by atomic mass is 9.87. The second-order valence-corrected chi connectivity index (χ2v) is 10.2. The van der Waals surface area contributed by atoms with E-state index in [9.17, 15) is 22.8 Å². The number of nitrogens with one attached hydrogen (secondary N) is 3. The second kappa shape index (κ2) is 10.6. The highest BCUT2D eigenvalue weighted by Gasteiger charge is 2.21. The van der Waals surface area contributed by atoms with E-state index >= 15 is 0 Å². The standard InChI is InChI=1S/C23H29N3O6S/c1-15(22(29)26-19-8-6-17(7-9-19)23(3,4)5)32-21(28)14-24-33(30,31)20-12-10-18(11-13-20)25-16(2)27/h6-13,15,24H,14H2,1-5H3,(H,25,27)(H,26,29). The molecule has 10 heteroatoms. The summed E-state index contributed by atoms with van der Waals surface area (Å²) in [6, 6.07) is 12.8. The lowest BCUT2D eigenvalue weighted by Crippen LogP contribution is -2.35. The fraction of sp³-hybridized carbons (Fsp3) is 0.348. The van der Waals surface area contributed by atoms with Crippen molar-refractivity contribution in [3.8, 4) is 0 Å². The van der Waals surface area contributed by atoms with E-state index in [0.717, 1.165) is 5.56 Å². The Morgan fingerprint density at radius 1 is 0.909 bits per heavy atom. The normalized spacial score (nSPS) is 12.5. The van der Waals surface area contributed by atoms with Crippen LogP contribution in [0.2, 0.25) is 0 Å². The van der Waals surface area contributed by atoms with Gasteiger partial charge in [-0.05, 0) is 54.3 Å². The number of ether oxygens (including phenoxy) is 1. The Bertz CT molecular complexity index is 1100. The fourth-order valence-electron chi connectivity index (χ4n) is 2.75. The third kappa shape index (κ3) is 7.99. The maximum absolute atomic E-state index is 12.3. The molecule has 2 amide bonds. The summed E-state index contributed by atoms with van der Waals surface area (Å²) < 4.78 is 31.8. The number of hydrogen-bond donors (Lipinski definition) is 3. The molecule has 2 rings (SSSR count). The zero-order valence-corrected chi connectivity index (χ0v) is 20.1. The molecular weight excluding hydrogens is 446 g/mol. The van der Waals surface area contributed by atoms with Crippen LogP contribution in [0, 0.1) is 0 Å². The van der Waals surface area contributed by atoms with E-state index in [1.807, 2.05) is 12.1 Å². The molecule has 178 valence electrons. The first kappa shape index (κ1) is 26.0. The number of benzene rings is 2. The van der Waals surface area contributed by atoms with Crippen LogP contribution in [-0.2, 0) is 34.6 Å². The Labute approximate surface area is 194 Å². The van der Waals surface area contributed by atoms with Gasteiger partial charge in [0.2, 0.25) is 15.9 Å². The number of carbonyl (C=O) groups excluding carboxylic acids is 3. The van der Waals surface area contributed by atoms with Gasteiger partial charge in [-0.15, -0.1) is 0 Å². The van der Waals surface area contributed by atoms with Crippen LogP contribution < -0.4 is 15.4 Å². The summed E-state index contributed by atoms with van der Waals surface area (Å²) in [6.45, 7) is 8.33. The summed E-state index contributed by atoms with van der Waals surface area (Å²) >= 11 is 0. The lowest BCUT2D eigenvalue weighted by molar-refractivity contribution is -0.151. The van der Waals surface area contributed by atoms with E-state index in [-0.39, 0.29) is 16.2 Å². The molecule has 0 saturated heterocycles. The van der Waals surface area contributed by atoms with Crippen molar-refractivity contribution < 1.29 is 27.5 Å². The van der Waals surface area contributed by atoms with Crippen molar-refractivity contribution in [3.63, 3.8) is 0 Å². The van der Waals surface area contributed by atoms with Crippen molar-refractivity contribution in [1.29, 1.82) is 0 Å². The highest BCUT2D eigenvalue weighted by atomic mass is 32.2. The minimum Gasteiger partial charge on any atom is -0.452 e. The van der Waals surface area contributed by atoms with Crippen LogP contribution in [0.15, 0.2) is 53.4 Å². The molecule has 0 fully saturated rings. The predicted molar refractivity (Wildman–Crippen MR) is 125 cm³/mol. The van der Waals surface area contributed by atoms with Crippen LogP contribution in [-0.4, -0.2) is 38.9 Å². The van der Waals surface area contributed by atoms with Crippen molar-refractivity contribution in [1.82, 2.24) is 4.72 Å². The minimum absolute atomic E-state index is 0.0216. The van der Waals surface area contributed by atoms with Gasteiger partial charge in [0.25, 0.3) is 5.91 Å². The highest BCUT2D eigenvalue weighted by Crippen LogP contribution is 2.23. The molecule has 9 nitrogen and oxygen atoms in total. The molecule has 0 aliphatic heterocycles. The quantitative estimate of drug-likeness (QED) is 0.503. The SMILES string of the molecule is CC(=O)Nc1ccc(S(=O)(=O)NCC(=O)OC(C)C(=O)Nc2ccc(C(C)(C)C)cc2)cc1. The zero-order valence-electron chi connectivity index (χ0n) is 19.3. The first-order chi connectivity index (χ1) is 15.3. The number of esters is 1. The average Bonchev–Trinajstić information content (AvgIpc) is 2.72. The first-order valence-electron chi connectivity index (χ1n) is 10.3. The Kier molecular flexibility index (Phi) is 8.34. The summed E-state index contributed by atoms with van der Waals surface area (Å²) in [5.41, 5.74) is 2.08. The molecule has 0 radical (unpaired) electrons. The van der Waals surface area contributed by atoms with Gasteiger partial charge in [-0.2, -0.15) is 4.72 Å². The topological polar surface area (TPSA) is 131 Å². The molecule has 1 atom stereocenters. The molecule has 1 unspecified atom stereocenters. The Hall–Kier alpha value is -3.24. The number of anilines is 2. The monoisotopic (exact) mass is 475 g/mol. The molecular formula is C23H29N3O6S. The fourth-order valence-corrected chi connectivity index (χ4v) is 3.72. The maximum atomic E-state index is 12.3. The molecule has 0 aliphatic rings. The van der Waals surface area contributed by atoms with Crippen LogP contribution in [0.5, 0.6) is 0 Å². The maximum Gasteiger partial charge on any atom is 0.321 e. The average molecular weight is 476 g/mol. The van der Waals surface area contributed by atoms with Gasteiger partial charge >= 0.3 is 5.97 Å². The summed E-state index contributed by atoms with van der Waals surface area (Å²) in [5, 5.41) is 5.18. The third-order valence-corrected chi connectivity index (χ3v) is 6.00. The zero-order chi connectivity index (χ0) is 24.8. The minimum atomic E-state index is -3.99. The molecule has 2 aromatic carbocycles. The van der Waals surface area contributed by atoms with Gasteiger partial charge in [0.15, 0.2) is 6.10 Å². The molecule has 0 aromatic heterocycles. The van der Waals surface area contributed by atoms with Crippen LogP contribution in [0.1, 0.15) is 40.2 Å². The van der Waals surface area contributed by atoms with Crippen molar-refractivity contribution in [2.45, 2.75) is 51.0 Å². The van der Waals surface area contributed by atoms with Crippen LogP contribution in [0.25, 0.3) is 0 Å². The Morgan fingerprint density at radius 2 is 1.42 bits per heavy atom. The van der Waals surface area contributed by atoms with Crippen molar-refractivity contribution in [2.75, 3.05) is 17.2 Å². The molecule has 3 N–H and O–H groups in total. The number of amides is 2. The molecule has 33 heavy (non-hydrogen) atoms. The van der Waals surface area contributed by atoms with E-state index in [2.05, 4.69) is 36.1 Å². The Morgan fingerprint density at radius 3 is 1.94 bits per heavy atom. The summed E-state index contributed by atoms with van der Waals surface area (Å²) in [5.74, 6) is -1.73. The number of carbonyl (C=O) groups is 3. The van der Waals surface area contributed by atoms with E-state index in [4.69, 9.17) is 4.74 Å². The predicted octanol–water partition coefficient (Wildman–Crippen LogP) is 2.79. The van der Waals surface area contributed by atoms with Crippen molar-refractivity contribution >= 4 is 39.2 Å². The van der Waals surface area contributed by atoms with Crippen molar-refractivity contribution in [3.05, 3.63) is 54.1 Å². The van der Waals surface area contributed by atoms with Crippen LogP contribution in [0.4, 0.5) is 11.4 Å². The second-order valence-electron chi connectivity index (χ2n) is 8.48. The van der Waals surface area contributed by atoms with Crippen LogP contribution in [0.3, 0.4) is 0 Å². The third-order valence-electron chi connectivity index (χ3n) is 4.59. The highest BCUT2D eigenvalue weighted by molar-refractivity contribution is 7.89. The van der Waals surface area contributed by atoms with E-state index < -0.39 is 34.5 Å². The lowest BCUT2D eigenvalue weighted by Gasteiger charge is -2.19. The molecule has 0 saturated carbocycles. The largest absolute Gasteiger partial charge is 0.452 e. The number of rotatable bonds is 8. The molecule has 2 aromatic rings. The van der Waals surface area contributed by atoms with Crippen LogP contribution >= 0.6 is 0 Å². The molecule has 0 spiro atoms. The van der Waals surface area contributed by atoms with Gasteiger partial charge in [-0.25, -0.2) is 8.42 Å². The van der Waals surface area contributed by atoms with Gasteiger partial charge < -0.3 is 15.4 Å². The summed E-state index contributed by atoms with van der Waals surface area (Å²) in [4.78, 5) is 35.3. The van der Waals surface area contributed by atoms with Gasteiger partial charge in [0.05, 0.1) is 4.90 Å². The number of sulfonamides is 1. The molecule has 0 aliphatic carbocycles. The smallest absolute Gasteiger partial charge is 0.321 e. The van der Waals surface area contributed by atoms with E-state index in [1.54, 1.807) is 12.1 Å². The number of hydrogen-bond acceptors (Lipinski definition) is 6. The van der Waals surface area contributed by atoms with E-state index in [0.29, 0.717) is 11.4 Å². The molecule has 0 heterocycles. The van der Waals surface area contributed by atoms with Gasteiger partial charge in [0.1, 0.15) is 6.54 Å². The Balaban J connectivity index is 1.87. The first-order valence-corrected chi connectivity index (χ1v) is 11.7. The van der Waals surface area contributed by atoms with Gasteiger partial charge in [-0.3, -0.25) is 14.4 Å². The van der Waals surface area contributed by atoms with Gasteiger partial charge in [-0.1, -0.05) is 32.9 Å². The summed E-state index contributed by atoms with van der Waals surface area (Å²) in [7, 11) is -3.99. The van der Waals surface area contributed by atoms with E-state index in [1.165, 1.54) is 38.1 Å². The van der Waals surface area contributed by atoms with Gasteiger partial charge in [0, 0.05) is 18.3 Å². The molecule has 0 bridgehead atoms.